The summed E-state index contributed by atoms with van der Waals surface area (Å²) in [6.07, 6.45) is 2.15. The number of aliphatic hydroxyl groups excluding tert-OH is 1. The second kappa shape index (κ2) is 10.1. The first-order chi connectivity index (χ1) is 16.0. The number of fused-ring (bicyclic) bond motifs is 2. The van der Waals surface area contributed by atoms with Crippen molar-refractivity contribution in [2.75, 3.05) is 18.8 Å². The number of pyridine rings is 1. The molecule has 0 radical (unpaired) electrons. The molecule has 0 aliphatic carbocycles. The number of carbonyl (C=O) groups excluding carboxylic acids is 1. The quantitative estimate of drug-likeness (QED) is 0.301. The van der Waals surface area contributed by atoms with E-state index >= 15 is 0 Å². The number of rotatable bonds is 7. The minimum Gasteiger partial charge on any atom is -0.436 e. The van der Waals surface area contributed by atoms with Crippen LogP contribution in [0, 0.1) is 6.92 Å². The fourth-order valence-corrected chi connectivity index (χ4v) is 4.92. The Hall–Kier alpha value is -2.68. The highest BCUT2D eigenvalue weighted by Gasteiger charge is 2.28. The van der Waals surface area contributed by atoms with E-state index in [1.54, 1.807) is 17.2 Å². The van der Waals surface area contributed by atoms with Gasteiger partial charge in [0.2, 0.25) is 11.8 Å². The van der Waals surface area contributed by atoms with E-state index in [4.69, 9.17) is 21.3 Å². The molecule has 3 heterocycles. The smallest absolute Gasteiger partial charge is 0.232 e. The molecule has 0 saturated heterocycles. The van der Waals surface area contributed by atoms with E-state index in [1.165, 1.54) is 11.8 Å². The Balaban J connectivity index is 1.79. The van der Waals surface area contributed by atoms with Crippen LogP contribution < -0.4 is 4.74 Å². The molecule has 0 atom stereocenters. The number of thioether (sulfide) groups is 1. The average Bonchev–Trinajstić information content (AvgIpc) is 2.83. The second-order valence-electron chi connectivity index (χ2n) is 7.58. The summed E-state index contributed by atoms with van der Waals surface area (Å²) in [7, 11) is 0. The molecule has 172 valence electrons. The molecule has 0 fully saturated rings. The number of aryl methyl sites for hydroxylation is 1. The van der Waals surface area contributed by atoms with Crippen molar-refractivity contribution >= 4 is 29.3 Å². The fraction of sp³-hybridized carbons (Fsp3) is 0.333. The zero-order chi connectivity index (χ0) is 23.5. The van der Waals surface area contributed by atoms with E-state index in [1.807, 2.05) is 39.0 Å². The number of aliphatic hydroxyl groups is 1. The van der Waals surface area contributed by atoms with Crippen LogP contribution in [0.3, 0.4) is 0 Å². The molecule has 1 N–H and O–H groups in total. The monoisotopic (exact) mass is 484 g/mol. The van der Waals surface area contributed by atoms with E-state index in [0.717, 1.165) is 16.8 Å². The predicted molar refractivity (Wildman–Crippen MR) is 129 cm³/mol. The van der Waals surface area contributed by atoms with Crippen LogP contribution in [-0.4, -0.2) is 49.7 Å². The third kappa shape index (κ3) is 4.69. The van der Waals surface area contributed by atoms with Gasteiger partial charge in [-0.1, -0.05) is 35.5 Å². The summed E-state index contributed by atoms with van der Waals surface area (Å²) in [5, 5.41) is 11.0. The van der Waals surface area contributed by atoms with Crippen molar-refractivity contribution < 1.29 is 14.6 Å². The van der Waals surface area contributed by atoms with Crippen molar-refractivity contribution in [1.29, 1.82) is 0 Å². The highest BCUT2D eigenvalue weighted by Crippen LogP contribution is 2.43. The van der Waals surface area contributed by atoms with Gasteiger partial charge in [0.25, 0.3) is 0 Å². The molecule has 7 nitrogen and oxygen atoms in total. The number of hydrogen-bond acceptors (Lipinski definition) is 7. The number of hydrogen-bond donors (Lipinski definition) is 1. The Bertz CT molecular complexity index is 1200. The number of carbonyl (C=O) groups is 1. The predicted octanol–water partition coefficient (Wildman–Crippen LogP) is 4.65. The summed E-state index contributed by atoms with van der Waals surface area (Å²) >= 11 is 7.79. The van der Waals surface area contributed by atoms with Gasteiger partial charge >= 0.3 is 0 Å². The maximum Gasteiger partial charge on any atom is 0.232 e. The fourth-order valence-electron chi connectivity index (χ4n) is 3.77. The molecule has 3 aromatic rings. The SMILES string of the molecule is CCN(CC)C(=O)CSc1nc(-c2ccccc2Cl)nc2c1Cc1c(CO)cnc(C)c1O2. The van der Waals surface area contributed by atoms with Gasteiger partial charge in [-0.05, 0) is 32.9 Å². The molecule has 0 saturated carbocycles. The molecule has 0 unspecified atom stereocenters. The lowest BCUT2D eigenvalue weighted by Gasteiger charge is -2.24. The molecular formula is C24H25ClN4O3S. The van der Waals surface area contributed by atoms with Crippen LogP contribution in [0.5, 0.6) is 11.6 Å². The molecule has 33 heavy (non-hydrogen) atoms. The van der Waals surface area contributed by atoms with E-state index in [2.05, 4.69) is 9.97 Å². The molecule has 0 bridgehead atoms. The van der Waals surface area contributed by atoms with Crippen molar-refractivity contribution in [2.45, 2.75) is 38.8 Å². The van der Waals surface area contributed by atoms with Crippen LogP contribution in [0.25, 0.3) is 11.4 Å². The van der Waals surface area contributed by atoms with E-state index in [-0.39, 0.29) is 18.3 Å². The molecule has 1 aliphatic rings. The van der Waals surface area contributed by atoms with Crippen LogP contribution in [0.1, 0.15) is 36.2 Å². The number of nitrogens with zero attached hydrogens (tertiary/aromatic N) is 4. The molecular weight excluding hydrogens is 460 g/mol. The largest absolute Gasteiger partial charge is 0.436 e. The first-order valence-electron chi connectivity index (χ1n) is 10.8. The maximum atomic E-state index is 12.7. The second-order valence-corrected chi connectivity index (χ2v) is 8.96. The normalized spacial score (nSPS) is 12.0. The van der Waals surface area contributed by atoms with Crippen molar-refractivity contribution in [3.05, 3.63) is 57.9 Å². The highest BCUT2D eigenvalue weighted by atomic mass is 35.5. The zero-order valence-electron chi connectivity index (χ0n) is 18.8. The minimum atomic E-state index is -0.143. The van der Waals surface area contributed by atoms with Gasteiger partial charge < -0.3 is 14.7 Å². The van der Waals surface area contributed by atoms with Gasteiger partial charge in [-0.3, -0.25) is 9.78 Å². The Morgan fingerprint density at radius 1 is 1.21 bits per heavy atom. The first kappa shape index (κ1) is 23.5. The third-order valence-electron chi connectivity index (χ3n) is 5.62. The lowest BCUT2D eigenvalue weighted by Crippen LogP contribution is -2.31. The van der Waals surface area contributed by atoms with Gasteiger partial charge in [-0.2, -0.15) is 4.98 Å². The minimum absolute atomic E-state index is 0.0462. The van der Waals surface area contributed by atoms with Crippen LogP contribution in [0.2, 0.25) is 5.02 Å². The Morgan fingerprint density at radius 3 is 2.67 bits per heavy atom. The summed E-state index contributed by atoms with van der Waals surface area (Å²) in [6, 6.07) is 7.36. The van der Waals surface area contributed by atoms with E-state index < -0.39 is 0 Å². The molecule has 1 aliphatic heterocycles. The maximum absolute atomic E-state index is 12.7. The Labute approximate surface area is 202 Å². The number of halogens is 1. The van der Waals surface area contributed by atoms with Crippen LogP contribution in [0.15, 0.2) is 35.5 Å². The van der Waals surface area contributed by atoms with Crippen LogP contribution >= 0.6 is 23.4 Å². The zero-order valence-corrected chi connectivity index (χ0v) is 20.3. The number of ether oxygens (including phenoxy) is 1. The van der Waals surface area contributed by atoms with Gasteiger partial charge in [0.1, 0.15) is 5.03 Å². The molecule has 2 aromatic heterocycles. The topological polar surface area (TPSA) is 88.4 Å². The lowest BCUT2D eigenvalue weighted by molar-refractivity contribution is -0.127. The molecule has 9 heteroatoms. The first-order valence-corrected chi connectivity index (χ1v) is 12.2. The van der Waals surface area contributed by atoms with Gasteiger partial charge in [-0.25, -0.2) is 4.98 Å². The highest BCUT2D eigenvalue weighted by molar-refractivity contribution is 7.99. The molecule has 0 spiro atoms. The Morgan fingerprint density at radius 2 is 1.97 bits per heavy atom. The average molecular weight is 485 g/mol. The molecule has 4 rings (SSSR count). The summed E-state index contributed by atoms with van der Waals surface area (Å²) in [5.74, 6) is 1.76. The summed E-state index contributed by atoms with van der Waals surface area (Å²) in [5.41, 5.74) is 3.76. The van der Waals surface area contributed by atoms with Gasteiger partial charge in [0, 0.05) is 42.4 Å². The van der Waals surface area contributed by atoms with Gasteiger partial charge in [0.05, 0.1) is 28.6 Å². The Kier molecular flexibility index (Phi) is 7.17. The van der Waals surface area contributed by atoms with Gasteiger partial charge in [0.15, 0.2) is 11.6 Å². The van der Waals surface area contributed by atoms with Crippen molar-refractivity contribution in [3.8, 4) is 23.0 Å². The summed E-state index contributed by atoms with van der Waals surface area (Å²) in [4.78, 5) is 28.3. The van der Waals surface area contributed by atoms with E-state index in [9.17, 15) is 9.90 Å². The third-order valence-corrected chi connectivity index (χ3v) is 6.95. The number of aromatic nitrogens is 3. The molecule has 1 aromatic carbocycles. The van der Waals surface area contributed by atoms with E-state index in [0.29, 0.717) is 58.1 Å². The van der Waals surface area contributed by atoms with Crippen molar-refractivity contribution in [2.24, 2.45) is 0 Å². The van der Waals surface area contributed by atoms with Crippen molar-refractivity contribution in [3.63, 3.8) is 0 Å². The van der Waals surface area contributed by atoms with Crippen LogP contribution in [-0.2, 0) is 17.8 Å². The number of benzene rings is 1. The van der Waals surface area contributed by atoms with Gasteiger partial charge in [-0.15, -0.1) is 0 Å². The molecule has 1 amide bonds. The summed E-state index contributed by atoms with van der Waals surface area (Å²) in [6.45, 7) is 6.96. The standard InChI is InChI=1S/C24H25ClN4O3S/c1-4-29(5-2)20(31)13-33-24-18-10-17-15(12-30)11-26-14(3)21(17)32-23(18)27-22(28-24)16-8-6-7-9-19(16)25/h6-9,11,30H,4-5,10,12-13H2,1-3H3. The summed E-state index contributed by atoms with van der Waals surface area (Å²) < 4.78 is 6.21. The van der Waals surface area contributed by atoms with Crippen LogP contribution in [0.4, 0.5) is 0 Å². The number of amides is 1. The van der Waals surface area contributed by atoms with Crippen molar-refractivity contribution in [1.82, 2.24) is 19.9 Å². The lowest BCUT2D eigenvalue weighted by atomic mass is 9.99.